The van der Waals surface area contributed by atoms with E-state index in [1.54, 1.807) is 12.3 Å². The van der Waals surface area contributed by atoms with Gasteiger partial charge >= 0.3 is 0 Å². The van der Waals surface area contributed by atoms with Crippen LogP contribution in [0.4, 0.5) is 5.82 Å². The smallest absolute Gasteiger partial charge is 0.253 e. The summed E-state index contributed by atoms with van der Waals surface area (Å²) in [5.41, 5.74) is 0.633. The minimum atomic E-state index is -0.0137. The SMILES string of the molecule is CCNc1ccc(C(=O)NC2CCC2)cn1. The van der Waals surface area contributed by atoms with Crippen molar-refractivity contribution in [2.24, 2.45) is 0 Å². The lowest BCUT2D eigenvalue weighted by atomic mass is 9.93. The maximum absolute atomic E-state index is 11.7. The summed E-state index contributed by atoms with van der Waals surface area (Å²) in [4.78, 5) is 15.9. The zero-order valence-corrected chi connectivity index (χ0v) is 9.49. The van der Waals surface area contributed by atoms with Crippen molar-refractivity contribution >= 4 is 11.7 Å². The van der Waals surface area contributed by atoms with E-state index in [0.29, 0.717) is 11.6 Å². The molecule has 0 bridgehead atoms. The Labute approximate surface area is 95.5 Å². The summed E-state index contributed by atoms with van der Waals surface area (Å²) < 4.78 is 0. The third-order valence-electron chi connectivity index (χ3n) is 2.82. The van der Waals surface area contributed by atoms with Crippen LogP contribution in [0.2, 0.25) is 0 Å². The van der Waals surface area contributed by atoms with Gasteiger partial charge < -0.3 is 10.6 Å². The first kappa shape index (κ1) is 10.9. The van der Waals surface area contributed by atoms with Gasteiger partial charge in [0.1, 0.15) is 5.82 Å². The Kier molecular flexibility index (Phi) is 3.39. The van der Waals surface area contributed by atoms with Crippen LogP contribution in [0.1, 0.15) is 36.5 Å². The average molecular weight is 219 g/mol. The van der Waals surface area contributed by atoms with Gasteiger partial charge in [0, 0.05) is 18.8 Å². The number of carbonyl (C=O) groups excluding carboxylic acids is 1. The van der Waals surface area contributed by atoms with Gasteiger partial charge in [-0.15, -0.1) is 0 Å². The molecule has 2 rings (SSSR count). The van der Waals surface area contributed by atoms with Gasteiger partial charge in [0.25, 0.3) is 5.91 Å². The molecule has 1 aliphatic rings. The van der Waals surface area contributed by atoms with Crippen LogP contribution in [0.15, 0.2) is 18.3 Å². The summed E-state index contributed by atoms with van der Waals surface area (Å²) in [6, 6.07) is 4.01. The lowest BCUT2D eigenvalue weighted by molar-refractivity contribution is 0.0916. The second-order valence-electron chi connectivity index (χ2n) is 4.06. The Bertz CT molecular complexity index is 357. The molecule has 4 nitrogen and oxygen atoms in total. The third kappa shape index (κ3) is 2.51. The number of rotatable bonds is 4. The number of nitrogens with one attached hydrogen (secondary N) is 2. The Balaban J connectivity index is 1.94. The number of hydrogen-bond acceptors (Lipinski definition) is 3. The molecule has 0 saturated heterocycles. The molecule has 0 aliphatic heterocycles. The van der Waals surface area contributed by atoms with E-state index < -0.39 is 0 Å². The number of anilines is 1. The molecule has 0 unspecified atom stereocenters. The van der Waals surface area contributed by atoms with E-state index in [1.165, 1.54) is 6.42 Å². The minimum absolute atomic E-state index is 0.0137. The lowest BCUT2D eigenvalue weighted by Crippen LogP contribution is -2.39. The van der Waals surface area contributed by atoms with Gasteiger partial charge in [0.15, 0.2) is 0 Å². The zero-order valence-electron chi connectivity index (χ0n) is 9.49. The normalized spacial score (nSPS) is 15.3. The standard InChI is InChI=1S/C12H17N3O/c1-2-13-11-7-6-9(8-14-11)12(16)15-10-4-3-5-10/h6-8,10H,2-5H2,1H3,(H,13,14)(H,15,16). The van der Waals surface area contributed by atoms with Crippen molar-refractivity contribution in [2.75, 3.05) is 11.9 Å². The summed E-state index contributed by atoms with van der Waals surface area (Å²) in [5.74, 6) is 0.794. The molecule has 16 heavy (non-hydrogen) atoms. The second kappa shape index (κ2) is 4.96. The number of nitrogens with zero attached hydrogens (tertiary/aromatic N) is 1. The summed E-state index contributed by atoms with van der Waals surface area (Å²) in [6.45, 7) is 2.85. The Hall–Kier alpha value is -1.58. The molecule has 1 aromatic heterocycles. The van der Waals surface area contributed by atoms with Crippen LogP contribution in [0, 0.1) is 0 Å². The monoisotopic (exact) mass is 219 g/mol. The molecular weight excluding hydrogens is 202 g/mol. The Morgan fingerprint density at radius 1 is 1.50 bits per heavy atom. The summed E-state index contributed by atoms with van der Waals surface area (Å²) in [7, 11) is 0. The quantitative estimate of drug-likeness (QED) is 0.811. The maximum Gasteiger partial charge on any atom is 0.253 e. The first-order valence-electron chi connectivity index (χ1n) is 5.80. The highest BCUT2D eigenvalue weighted by atomic mass is 16.1. The fourth-order valence-corrected chi connectivity index (χ4v) is 1.64. The largest absolute Gasteiger partial charge is 0.370 e. The molecule has 0 radical (unpaired) electrons. The number of hydrogen-bond donors (Lipinski definition) is 2. The van der Waals surface area contributed by atoms with E-state index in [2.05, 4.69) is 15.6 Å². The Morgan fingerprint density at radius 2 is 2.31 bits per heavy atom. The molecule has 1 aliphatic carbocycles. The van der Waals surface area contributed by atoms with Crippen LogP contribution < -0.4 is 10.6 Å². The first-order chi connectivity index (χ1) is 7.79. The van der Waals surface area contributed by atoms with Gasteiger partial charge in [-0.1, -0.05) is 0 Å². The van der Waals surface area contributed by atoms with E-state index >= 15 is 0 Å². The highest BCUT2D eigenvalue weighted by Gasteiger charge is 2.19. The highest BCUT2D eigenvalue weighted by molar-refractivity contribution is 5.94. The lowest BCUT2D eigenvalue weighted by Gasteiger charge is -2.26. The fraction of sp³-hybridized carbons (Fsp3) is 0.500. The van der Waals surface area contributed by atoms with Gasteiger partial charge in [-0.3, -0.25) is 4.79 Å². The molecule has 1 amide bonds. The third-order valence-corrected chi connectivity index (χ3v) is 2.82. The molecule has 1 heterocycles. The summed E-state index contributed by atoms with van der Waals surface area (Å²) in [6.07, 6.45) is 5.05. The van der Waals surface area contributed by atoms with Crippen LogP contribution in [0.3, 0.4) is 0 Å². The number of amides is 1. The summed E-state index contributed by atoms with van der Waals surface area (Å²) >= 11 is 0. The van der Waals surface area contributed by atoms with Crippen molar-refractivity contribution in [1.82, 2.24) is 10.3 Å². The molecule has 1 fully saturated rings. The highest BCUT2D eigenvalue weighted by Crippen LogP contribution is 2.18. The molecule has 86 valence electrons. The topological polar surface area (TPSA) is 54.0 Å². The predicted octanol–water partition coefficient (Wildman–Crippen LogP) is 1.80. The molecular formula is C12H17N3O. The zero-order chi connectivity index (χ0) is 11.4. The number of aromatic nitrogens is 1. The Morgan fingerprint density at radius 3 is 2.81 bits per heavy atom. The van der Waals surface area contributed by atoms with Gasteiger partial charge in [-0.2, -0.15) is 0 Å². The van der Waals surface area contributed by atoms with Crippen molar-refractivity contribution in [3.05, 3.63) is 23.9 Å². The van der Waals surface area contributed by atoms with Crippen molar-refractivity contribution in [3.8, 4) is 0 Å². The molecule has 0 atom stereocenters. The van der Waals surface area contributed by atoms with Gasteiger partial charge in [-0.05, 0) is 38.3 Å². The van der Waals surface area contributed by atoms with Crippen molar-refractivity contribution < 1.29 is 4.79 Å². The van der Waals surface area contributed by atoms with Crippen LogP contribution >= 0.6 is 0 Å². The van der Waals surface area contributed by atoms with Crippen LogP contribution in [0.5, 0.6) is 0 Å². The van der Waals surface area contributed by atoms with Gasteiger partial charge in [-0.25, -0.2) is 4.98 Å². The molecule has 0 spiro atoms. The van der Waals surface area contributed by atoms with Crippen LogP contribution in [-0.2, 0) is 0 Å². The first-order valence-corrected chi connectivity index (χ1v) is 5.80. The minimum Gasteiger partial charge on any atom is -0.370 e. The predicted molar refractivity (Wildman–Crippen MR) is 63.5 cm³/mol. The number of carbonyl (C=O) groups is 1. The molecule has 1 saturated carbocycles. The van der Waals surface area contributed by atoms with Crippen molar-refractivity contribution in [2.45, 2.75) is 32.2 Å². The molecule has 2 N–H and O–H groups in total. The maximum atomic E-state index is 11.7. The van der Waals surface area contributed by atoms with E-state index in [9.17, 15) is 4.79 Å². The molecule has 0 aromatic carbocycles. The van der Waals surface area contributed by atoms with E-state index in [1.807, 2.05) is 13.0 Å². The van der Waals surface area contributed by atoms with Crippen molar-refractivity contribution in [3.63, 3.8) is 0 Å². The van der Waals surface area contributed by atoms with E-state index in [0.717, 1.165) is 25.2 Å². The number of pyridine rings is 1. The molecule has 4 heteroatoms. The molecule has 1 aromatic rings. The van der Waals surface area contributed by atoms with Gasteiger partial charge in [0.2, 0.25) is 0 Å². The van der Waals surface area contributed by atoms with E-state index in [-0.39, 0.29) is 5.91 Å². The summed E-state index contributed by atoms with van der Waals surface area (Å²) in [5, 5.41) is 6.08. The second-order valence-corrected chi connectivity index (χ2v) is 4.06. The van der Waals surface area contributed by atoms with Crippen LogP contribution in [0.25, 0.3) is 0 Å². The van der Waals surface area contributed by atoms with Crippen molar-refractivity contribution in [1.29, 1.82) is 0 Å². The fourth-order valence-electron chi connectivity index (χ4n) is 1.64. The van der Waals surface area contributed by atoms with Crippen LogP contribution in [-0.4, -0.2) is 23.5 Å². The van der Waals surface area contributed by atoms with Gasteiger partial charge in [0.05, 0.1) is 5.56 Å². The van der Waals surface area contributed by atoms with E-state index in [4.69, 9.17) is 0 Å². The average Bonchev–Trinajstić information content (AvgIpc) is 2.25.